The molecule has 10 rings (SSSR count). The normalized spacial score (nSPS) is 27.8. The fourth-order valence-corrected chi connectivity index (χ4v) is 9.76. The van der Waals surface area contributed by atoms with E-state index in [1.54, 1.807) is 0 Å². The molecule has 0 aliphatic carbocycles. The fraction of sp³-hybridized carbons (Fsp3) is 0.379. The summed E-state index contributed by atoms with van der Waals surface area (Å²) >= 11 is 0. The molecule has 4 fully saturated rings. The maximum absolute atomic E-state index is 12.8. The van der Waals surface area contributed by atoms with Gasteiger partial charge in [-0.1, -0.05) is 152 Å². The molecule has 4 saturated heterocycles. The van der Waals surface area contributed by atoms with Crippen molar-refractivity contribution >= 4 is 0 Å². The highest BCUT2D eigenvalue weighted by Crippen LogP contribution is 2.48. The first-order chi connectivity index (χ1) is 34.1. The quantitative estimate of drug-likeness (QED) is 0.0883. The SMILES string of the molecule is CC1(C)O[C@H]2O[C@H]([C@H]3COC(C)(C)O3)[C@H](Oc3cc(-c4ccccc4)c(O)c([C@@H]4O[C@H](COCc5ccccc5)[C@@H](OCc5ccccc5)[C@H](OCc5ccccc5)[C@H]4OCc4ccccc4)c3)[C@H]2O1. The van der Waals surface area contributed by atoms with Crippen molar-refractivity contribution in [3.63, 3.8) is 0 Å². The minimum absolute atomic E-state index is 0.000708. The first-order valence-electron chi connectivity index (χ1n) is 24.2. The van der Waals surface area contributed by atoms with Crippen LogP contribution in [0.1, 0.15) is 61.6 Å². The Balaban J connectivity index is 1.08. The summed E-state index contributed by atoms with van der Waals surface area (Å²) < 4.78 is 73.8. The van der Waals surface area contributed by atoms with Crippen molar-refractivity contribution in [1.29, 1.82) is 0 Å². The Bertz CT molecular complexity index is 2580. The lowest BCUT2D eigenvalue weighted by Crippen LogP contribution is -2.58. The van der Waals surface area contributed by atoms with E-state index < -0.39 is 72.8 Å². The van der Waals surface area contributed by atoms with E-state index in [-0.39, 0.29) is 32.2 Å². The van der Waals surface area contributed by atoms with Crippen LogP contribution in [0.4, 0.5) is 0 Å². The summed E-state index contributed by atoms with van der Waals surface area (Å²) in [5, 5.41) is 12.8. The molecule has 6 aromatic rings. The molecule has 0 unspecified atom stereocenters. The predicted molar refractivity (Wildman–Crippen MR) is 260 cm³/mol. The average Bonchev–Trinajstić information content (AvgIpc) is 4.01. The van der Waals surface area contributed by atoms with Crippen molar-refractivity contribution in [2.75, 3.05) is 13.2 Å². The molecule has 70 heavy (non-hydrogen) atoms. The Hall–Kier alpha value is -5.48. The molecule has 4 aliphatic heterocycles. The van der Waals surface area contributed by atoms with Crippen molar-refractivity contribution in [2.24, 2.45) is 0 Å². The molecule has 0 bridgehead atoms. The summed E-state index contributed by atoms with van der Waals surface area (Å²) in [5.74, 6) is -1.31. The van der Waals surface area contributed by atoms with Crippen LogP contribution in [0.2, 0.25) is 0 Å². The first kappa shape index (κ1) is 48.2. The summed E-state index contributed by atoms with van der Waals surface area (Å²) in [7, 11) is 0. The third kappa shape index (κ3) is 11.3. The number of aromatic hydroxyl groups is 1. The zero-order chi connectivity index (χ0) is 48.1. The van der Waals surface area contributed by atoms with E-state index in [1.165, 1.54) is 0 Å². The molecule has 6 aromatic carbocycles. The van der Waals surface area contributed by atoms with Gasteiger partial charge in [-0.2, -0.15) is 0 Å². The highest BCUT2D eigenvalue weighted by Gasteiger charge is 2.60. The lowest BCUT2D eigenvalue weighted by Gasteiger charge is -2.46. The second-order valence-electron chi connectivity index (χ2n) is 19.2. The summed E-state index contributed by atoms with van der Waals surface area (Å²) in [5.41, 5.74) is 5.65. The Morgan fingerprint density at radius 2 is 1.06 bits per heavy atom. The topological polar surface area (TPSA) is 122 Å². The van der Waals surface area contributed by atoms with Crippen LogP contribution in [0.5, 0.6) is 11.5 Å². The molecule has 0 aromatic heterocycles. The second kappa shape index (κ2) is 21.5. The van der Waals surface area contributed by atoms with E-state index in [0.717, 1.165) is 27.8 Å². The molecule has 4 aliphatic rings. The van der Waals surface area contributed by atoms with Gasteiger partial charge in [0.2, 0.25) is 0 Å². The predicted octanol–water partition coefficient (Wildman–Crippen LogP) is 10.2. The van der Waals surface area contributed by atoms with Crippen LogP contribution >= 0.6 is 0 Å². The van der Waals surface area contributed by atoms with Crippen LogP contribution in [0, 0.1) is 0 Å². The van der Waals surface area contributed by atoms with Crippen LogP contribution in [-0.4, -0.2) is 85.0 Å². The van der Waals surface area contributed by atoms with Crippen LogP contribution in [0.25, 0.3) is 11.1 Å². The van der Waals surface area contributed by atoms with Gasteiger partial charge in [-0.25, -0.2) is 0 Å². The van der Waals surface area contributed by atoms with Crippen LogP contribution in [0.15, 0.2) is 164 Å². The van der Waals surface area contributed by atoms with Crippen LogP contribution in [-0.2, 0) is 73.8 Å². The molecule has 366 valence electrons. The summed E-state index contributed by atoms with van der Waals surface area (Å²) in [6.07, 6.45) is -7.06. The van der Waals surface area contributed by atoms with E-state index >= 15 is 0 Å². The van der Waals surface area contributed by atoms with Crippen molar-refractivity contribution in [1.82, 2.24) is 0 Å². The number of phenolic OH excluding ortho intramolecular Hbond substituents is 1. The van der Waals surface area contributed by atoms with Gasteiger partial charge >= 0.3 is 0 Å². The highest BCUT2D eigenvalue weighted by atomic mass is 16.8. The lowest BCUT2D eigenvalue weighted by molar-refractivity contribution is -0.275. The van der Waals surface area contributed by atoms with Gasteiger partial charge in [0.05, 0.1) is 39.6 Å². The standard InChI is InChI=1S/C58H62O12/c1-57(2)64-37-47(68-57)51-54(55-56(67-51)70-58(3,4)69-55)65-43-30-44(42-28-18-9-19-29-42)48(59)45(31-43)49-52(62-34-40-24-14-7-15-25-40)53(63-35-41-26-16-8-17-27-41)50(61-33-39-22-12-6-13-23-39)46(66-49)36-60-32-38-20-10-5-11-21-38/h5-31,46-47,49-56,59H,32-37H2,1-4H3/t46-,47-,49+,50-,51-,52+,53+,54+,55-,56-/m1/s1. The van der Waals surface area contributed by atoms with E-state index in [0.29, 0.717) is 30.1 Å². The zero-order valence-corrected chi connectivity index (χ0v) is 40.0. The van der Waals surface area contributed by atoms with Gasteiger partial charge in [0.15, 0.2) is 30.1 Å². The third-order valence-electron chi connectivity index (χ3n) is 13.1. The second-order valence-corrected chi connectivity index (χ2v) is 19.2. The van der Waals surface area contributed by atoms with E-state index in [1.807, 2.05) is 191 Å². The van der Waals surface area contributed by atoms with Gasteiger partial charge in [-0.15, -0.1) is 0 Å². The van der Waals surface area contributed by atoms with Crippen molar-refractivity contribution in [2.45, 2.75) is 127 Å². The number of hydrogen-bond acceptors (Lipinski definition) is 12. The Kier molecular flexibility index (Phi) is 14.8. The average molecular weight is 951 g/mol. The maximum Gasteiger partial charge on any atom is 0.191 e. The van der Waals surface area contributed by atoms with E-state index in [4.69, 9.17) is 52.1 Å². The molecular weight excluding hydrogens is 889 g/mol. The molecule has 0 spiro atoms. The van der Waals surface area contributed by atoms with Crippen molar-refractivity contribution < 1.29 is 57.2 Å². The Morgan fingerprint density at radius 3 is 1.61 bits per heavy atom. The zero-order valence-electron chi connectivity index (χ0n) is 40.0. The van der Waals surface area contributed by atoms with Gasteiger partial charge < -0.3 is 57.2 Å². The van der Waals surface area contributed by atoms with Crippen LogP contribution < -0.4 is 4.74 Å². The number of phenols is 1. The van der Waals surface area contributed by atoms with Crippen LogP contribution in [0.3, 0.4) is 0 Å². The largest absolute Gasteiger partial charge is 0.507 e. The smallest absolute Gasteiger partial charge is 0.191 e. The van der Waals surface area contributed by atoms with Gasteiger partial charge in [0.1, 0.15) is 54.2 Å². The number of hydrogen-bond donors (Lipinski definition) is 1. The molecule has 10 atom stereocenters. The fourth-order valence-electron chi connectivity index (χ4n) is 9.76. The summed E-state index contributed by atoms with van der Waals surface area (Å²) in [4.78, 5) is 0. The Labute approximate surface area is 410 Å². The number of rotatable bonds is 18. The van der Waals surface area contributed by atoms with Gasteiger partial charge in [-0.05, 0) is 67.6 Å². The molecule has 12 nitrogen and oxygen atoms in total. The minimum Gasteiger partial charge on any atom is -0.507 e. The maximum atomic E-state index is 12.8. The third-order valence-corrected chi connectivity index (χ3v) is 13.1. The summed E-state index contributed by atoms with van der Waals surface area (Å²) in [6.45, 7) is 8.99. The summed E-state index contributed by atoms with van der Waals surface area (Å²) in [6, 6.07) is 53.4. The number of ether oxygens (including phenoxy) is 11. The van der Waals surface area contributed by atoms with E-state index in [2.05, 4.69) is 0 Å². The van der Waals surface area contributed by atoms with Crippen molar-refractivity contribution in [3.05, 3.63) is 192 Å². The monoisotopic (exact) mass is 950 g/mol. The lowest BCUT2D eigenvalue weighted by atomic mass is 9.88. The molecular formula is C58H62O12. The van der Waals surface area contributed by atoms with Gasteiger partial charge in [0, 0.05) is 11.1 Å². The first-order valence-corrected chi connectivity index (χ1v) is 24.2. The molecule has 4 heterocycles. The minimum atomic E-state index is -0.946. The molecule has 12 heteroatoms. The van der Waals surface area contributed by atoms with E-state index in [9.17, 15) is 5.11 Å². The van der Waals surface area contributed by atoms with Gasteiger partial charge in [0.25, 0.3) is 0 Å². The number of benzene rings is 6. The van der Waals surface area contributed by atoms with Gasteiger partial charge in [-0.3, -0.25) is 0 Å². The molecule has 0 radical (unpaired) electrons. The highest BCUT2D eigenvalue weighted by molar-refractivity contribution is 5.74. The molecule has 0 saturated carbocycles. The molecule has 0 amide bonds. The van der Waals surface area contributed by atoms with Crippen molar-refractivity contribution in [3.8, 4) is 22.6 Å². The number of fused-ring (bicyclic) bond motifs is 1. The Morgan fingerprint density at radius 1 is 0.529 bits per heavy atom. The molecule has 1 N–H and O–H groups in total.